The number of carbonyl (C=O) groups excluding carboxylic acids is 1. The number of amides is 1. The third-order valence-electron chi connectivity index (χ3n) is 2.06. The van der Waals surface area contributed by atoms with Gasteiger partial charge < -0.3 is 10.4 Å². The lowest BCUT2D eigenvalue weighted by molar-refractivity contribution is -0.138. The molecule has 1 aromatic rings. The molecule has 92 valence electrons. The highest BCUT2D eigenvalue weighted by Crippen LogP contribution is 2.20. The third-order valence-corrected chi connectivity index (χ3v) is 2.64. The van der Waals surface area contributed by atoms with E-state index in [1.54, 1.807) is 18.2 Å². The van der Waals surface area contributed by atoms with Crippen molar-refractivity contribution in [3.05, 3.63) is 33.8 Å². The van der Waals surface area contributed by atoms with Crippen LogP contribution in [-0.2, 0) is 16.1 Å². The van der Waals surface area contributed by atoms with E-state index in [1.165, 1.54) is 0 Å². The molecule has 1 rings (SSSR count). The maximum Gasteiger partial charge on any atom is 0.303 e. The maximum atomic E-state index is 11.3. The number of aliphatic carboxylic acids is 1. The van der Waals surface area contributed by atoms with E-state index in [4.69, 9.17) is 28.3 Å². The van der Waals surface area contributed by atoms with Crippen LogP contribution in [0.3, 0.4) is 0 Å². The van der Waals surface area contributed by atoms with Crippen molar-refractivity contribution < 1.29 is 14.7 Å². The van der Waals surface area contributed by atoms with Gasteiger partial charge in [0.25, 0.3) is 0 Å². The number of carbonyl (C=O) groups is 2. The lowest BCUT2D eigenvalue weighted by atomic mass is 10.2. The molecule has 6 heteroatoms. The Hall–Kier alpha value is -1.26. The summed E-state index contributed by atoms with van der Waals surface area (Å²) in [5, 5.41) is 12.0. The minimum Gasteiger partial charge on any atom is -0.481 e. The summed E-state index contributed by atoms with van der Waals surface area (Å²) in [7, 11) is 0. The maximum absolute atomic E-state index is 11.3. The van der Waals surface area contributed by atoms with Gasteiger partial charge in [-0.1, -0.05) is 29.3 Å². The van der Waals surface area contributed by atoms with E-state index in [1.807, 2.05) is 0 Å². The van der Waals surface area contributed by atoms with Crippen molar-refractivity contribution in [2.24, 2.45) is 0 Å². The number of hydrogen-bond acceptors (Lipinski definition) is 2. The van der Waals surface area contributed by atoms with Crippen LogP contribution in [0.1, 0.15) is 18.4 Å². The van der Waals surface area contributed by atoms with Crippen molar-refractivity contribution in [1.82, 2.24) is 5.32 Å². The second kappa shape index (κ2) is 6.47. The molecule has 0 fully saturated rings. The summed E-state index contributed by atoms with van der Waals surface area (Å²) in [6.07, 6.45) is -0.222. The van der Waals surface area contributed by atoms with E-state index in [0.717, 1.165) is 5.56 Å². The molecule has 0 aliphatic carbocycles. The topological polar surface area (TPSA) is 66.4 Å². The van der Waals surface area contributed by atoms with Gasteiger partial charge in [-0.25, -0.2) is 0 Å². The molecular formula is C11H11Cl2NO3. The largest absolute Gasteiger partial charge is 0.481 e. The van der Waals surface area contributed by atoms with E-state index in [9.17, 15) is 9.59 Å². The van der Waals surface area contributed by atoms with Crippen LogP contribution >= 0.6 is 23.2 Å². The molecule has 0 bridgehead atoms. The molecule has 17 heavy (non-hydrogen) atoms. The number of rotatable bonds is 5. The molecule has 0 unspecified atom stereocenters. The number of benzene rings is 1. The van der Waals surface area contributed by atoms with E-state index in [2.05, 4.69) is 5.32 Å². The van der Waals surface area contributed by atoms with Gasteiger partial charge in [-0.05, 0) is 17.7 Å². The van der Waals surface area contributed by atoms with Gasteiger partial charge in [-0.3, -0.25) is 9.59 Å². The minimum absolute atomic E-state index is 0.0411. The van der Waals surface area contributed by atoms with Crippen LogP contribution in [0.4, 0.5) is 0 Å². The molecule has 4 nitrogen and oxygen atoms in total. The van der Waals surface area contributed by atoms with Crippen LogP contribution in [0.5, 0.6) is 0 Å². The first-order chi connectivity index (χ1) is 7.99. The van der Waals surface area contributed by atoms with Crippen LogP contribution in [0, 0.1) is 0 Å². The van der Waals surface area contributed by atoms with Crippen molar-refractivity contribution in [3.8, 4) is 0 Å². The molecule has 0 aliphatic heterocycles. The summed E-state index contributed by atoms with van der Waals surface area (Å²) in [5.74, 6) is -1.32. The Balaban J connectivity index is 2.44. The average molecular weight is 276 g/mol. The molecule has 0 saturated carbocycles. The fourth-order valence-corrected chi connectivity index (χ4v) is 1.64. The van der Waals surface area contributed by atoms with Crippen molar-refractivity contribution in [1.29, 1.82) is 0 Å². The van der Waals surface area contributed by atoms with Gasteiger partial charge in [0.15, 0.2) is 0 Å². The molecule has 0 spiro atoms. The first kappa shape index (κ1) is 13.8. The molecule has 2 N–H and O–H groups in total. The first-order valence-corrected chi connectivity index (χ1v) is 5.67. The Morgan fingerprint density at radius 3 is 2.53 bits per heavy atom. The zero-order valence-electron chi connectivity index (χ0n) is 8.87. The molecule has 1 aromatic carbocycles. The minimum atomic E-state index is -0.996. The van der Waals surface area contributed by atoms with Crippen LogP contribution in [0.15, 0.2) is 18.2 Å². The number of nitrogens with one attached hydrogen (secondary N) is 1. The quantitative estimate of drug-likeness (QED) is 0.868. The number of hydrogen-bond donors (Lipinski definition) is 2. The second-order valence-corrected chi connectivity index (χ2v) is 4.25. The van der Waals surface area contributed by atoms with Crippen LogP contribution < -0.4 is 5.32 Å². The lowest BCUT2D eigenvalue weighted by Gasteiger charge is -2.06. The predicted molar refractivity (Wildman–Crippen MR) is 65.2 cm³/mol. The van der Waals surface area contributed by atoms with E-state index >= 15 is 0 Å². The zero-order valence-corrected chi connectivity index (χ0v) is 10.4. The summed E-state index contributed by atoms with van der Waals surface area (Å²) in [5.41, 5.74) is 0.736. The SMILES string of the molecule is O=C(O)CCC(=O)NCc1ccc(Cl)cc1Cl. The third kappa shape index (κ3) is 5.06. The Morgan fingerprint density at radius 1 is 1.24 bits per heavy atom. The monoisotopic (exact) mass is 275 g/mol. The van der Waals surface area contributed by atoms with Gasteiger partial charge in [0.05, 0.1) is 6.42 Å². The van der Waals surface area contributed by atoms with E-state index < -0.39 is 5.97 Å². The fraction of sp³-hybridized carbons (Fsp3) is 0.273. The molecular weight excluding hydrogens is 265 g/mol. The number of halogens is 2. The van der Waals surface area contributed by atoms with Crippen molar-refractivity contribution in [2.45, 2.75) is 19.4 Å². The second-order valence-electron chi connectivity index (χ2n) is 3.41. The van der Waals surface area contributed by atoms with Crippen molar-refractivity contribution in [2.75, 3.05) is 0 Å². The number of carboxylic acid groups (broad SMARTS) is 1. The van der Waals surface area contributed by atoms with Crippen molar-refractivity contribution in [3.63, 3.8) is 0 Å². The zero-order chi connectivity index (χ0) is 12.8. The van der Waals surface area contributed by atoms with Gasteiger partial charge in [-0.15, -0.1) is 0 Å². The molecule has 0 aromatic heterocycles. The first-order valence-electron chi connectivity index (χ1n) is 4.91. The number of carboxylic acids is 1. The normalized spacial score (nSPS) is 10.0. The Kier molecular flexibility index (Phi) is 5.25. The highest BCUT2D eigenvalue weighted by molar-refractivity contribution is 6.35. The Morgan fingerprint density at radius 2 is 1.94 bits per heavy atom. The van der Waals surface area contributed by atoms with Crippen molar-refractivity contribution >= 4 is 35.1 Å². The molecule has 0 radical (unpaired) electrons. The molecule has 0 atom stereocenters. The predicted octanol–water partition coefficient (Wildman–Crippen LogP) is 2.47. The average Bonchev–Trinajstić information content (AvgIpc) is 2.25. The Bertz CT molecular complexity index is 435. The van der Waals surface area contributed by atoms with Gasteiger partial charge in [0.2, 0.25) is 5.91 Å². The molecule has 0 heterocycles. The smallest absolute Gasteiger partial charge is 0.303 e. The molecule has 0 aliphatic rings. The highest BCUT2D eigenvalue weighted by atomic mass is 35.5. The summed E-state index contributed by atoms with van der Waals surface area (Å²) in [6.45, 7) is 0.258. The van der Waals surface area contributed by atoms with Gasteiger partial charge in [0, 0.05) is 23.0 Å². The van der Waals surface area contributed by atoms with Crippen LogP contribution in [-0.4, -0.2) is 17.0 Å². The van der Waals surface area contributed by atoms with Crippen LogP contribution in [0.25, 0.3) is 0 Å². The van der Waals surface area contributed by atoms with E-state index in [-0.39, 0.29) is 25.3 Å². The van der Waals surface area contributed by atoms with E-state index in [0.29, 0.717) is 10.0 Å². The lowest BCUT2D eigenvalue weighted by Crippen LogP contribution is -2.23. The van der Waals surface area contributed by atoms with Gasteiger partial charge in [0.1, 0.15) is 0 Å². The summed E-state index contributed by atoms with van der Waals surface area (Å²) in [6, 6.07) is 4.97. The molecule has 1 amide bonds. The summed E-state index contributed by atoms with van der Waals surface area (Å²) >= 11 is 11.6. The molecule has 0 saturated heterocycles. The van der Waals surface area contributed by atoms with Crippen LogP contribution in [0.2, 0.25) is 10.0 Å². The standard InChI is InChI=1S/C11H11Cl2NO3/c12-8-2-1-7(9(13)5-8)6-14-10(15)3-4-11(16)17/h1-2,5H,3-4,6H2,(H,14,15)(H,16,17). The Labute approximate surface area is 109 Å². The fourth-order valence-electron chi connectivity index (χ4n) is 1.17. The highest BCUT2D eigenvalue weighted by Gasteiger charge is 2.06. The summed E-state index contributed by atoms with van der Waals surface area (Å²) in [4.78, 5) is 21.5. The van der Waals surface area contributed by atoms with Gasteiger partial charge >= 0.3 is 5.97 Å². The summed E-state index contributed by atoms with van der Waals surface area (Å²) < 4.78 is 0. The van der Waals surface area contributed by atoms with Gasteiger partial charge in [-0.2, -0.15) is 0 Å².